The Morgan fingerprint density at radius 1 is 1.29 bits per heavy atom. The Bertz CT molecular complexity index is 561. The van der Waals surface area contributed by atoms with Crippen molar-refractivity contribution in [1.29, 1.82) is 0 Å². The highest BCUT2D eigenvalue weighted by molar-refractivity contribution is 5.68. The lowest BCUT2D eigenvalue weighted by Gasteiger charge is -2.01. The number of nitrogen functional groups attached to an aromatic ring is 1. The maximum Gasteiger partial charge on any atom is 0.159 e. The highest BCUT2D eigenvalue weighted by atomic mass is 19.2. The SMILES string of the molecule is CCc1c(-c2ccc(F)c(F)c2)nn(C)c1N. The van der Waals surface area contributed by atoms with Crippen molar-refractivity contribution in [1.82, 2.24) is 9.78 Å². The molecule has 3 nitrogen and oxygen atoms in total. The van der Waals surface area contributed by atoms with Gasteiger partial charge in [0.1, 0.15) is 5.82 Å². The predicted molar refractivity (Wildman–Crippen MR) is 62.4 cm³/mol. The molecule has 0 bridgehead atoms. The fourth-order valence-electron chi connectivity index (χ4n) is 1.80. The van der Waals surface area contributed by atoms with Crippen molar-refractivity contribution >= 4 is 5.82 Å². The summed E-state index contributed by atoms with van der Waals surface area (Å²) >= 11 is 0. The van der Waals surface area contributed by atoms with Gasteiger partial charge in [-0.3, -0.25) is 4.68 Å². The summed E-state index contributed by atoms with van der Waals surface area (Å²) in [4.78, 5) is 0. The summed E-state index contributed by atoms with van der Waals surface area (Å²) in [5, 5.41) is 4.22. The van der Waals surface area contributed by atoms with Crippen LogP contribution in [0.25, 0.3) is 11.3 Å². The van der Waals surface area contributed by atoms with Crippen molar-refractivity contribution in [3.8, 4) is 11.3 Å². The Balaban J connectivity index is 2.60. The van der Waals surface area contributed by atoms with Gasteiger partial charge in [-0.15, -0.1) is 0 Å². The van der Waals surface area contributed by atoms with E-state index in [4.69, 9.17) is 5.73 Å². The summed E-state index contributed by atoms with van der Waals surface area (Å²) in [6.45, 7) is 1.94. The van der Waals surface area contributed by atoms with Gasteiger partial charge in [0.15, 0.2) is 11.6 Å². The van der Waals surface area contributed by atoms with E-state index >= 15 is 0 Å². The number of halogens is 2. The first-order chi connectivity index (χ1) is 8.04. The molecule has 5 heteroatoms. The summed E-state index contributed by atoms with van der Waals surface area (Å²) in [6.07, 6.45) is 0.688. The molecule has 2 N–H and O–H groups in total. The lowest BCUT2D eigenvalue weighted by Crippen LogP contribution is -1.98. The molecule has 90 valence electrons. The van der Waals surface area contributed by atoms with E-state index in [-0.39, 0.29) is 0 Å². The number of nitrogens with two attached hydrogens (primary N) is 1. The zero-order valence-corrected chi connectivity index (χ0v) is 9.67. The molecule has 0 saturated heterocycles. The fourth-order valence-corrected chi connectivity index (χ4v) is 1.80. The Morgan fingerprint density at radius 2 is 2.00 bits per heavy atom. The summed E-state index contributed by atoms with van der Waals surface area (Å²) in [7, 11) is 1.72. The number of anilines is 1. The van der Waals surface area contributed by atoms with E-state index in [1.54, 1.807) is 7.05 Å². The summed E-state index contributed by atoms with van der Waals surface area (Å²) in [5.74, 6) is -1.20. The van der Waals surface area contributed by atoms with E-state index in [0.29, 0.717) is 23.5 Å². The third-order valence-electron chi connectivity index (χ3n) is 2.74. The van der Waals surface area contributed by atoms with E-state index in [0.717, 1.165) is 17.7 Å². The number of hydrogen-bond acceptors (Lipinski definition) is 2. The monoisotopic (exact) mass is 237 g/mol. The van der Waals surface area contributed by atoms with Crippen molar-refractivity contribution < 1.29 is 8.78 Å². The van der Waals surface area contributed by atoms with Crippen LogP contribution in [0, 0.1) is 11.6 Å². The Labute approximate surface area is 97.9 Å². The number of hydrogen-bond donors (Lipinski definition) is 1. The van der Waals surface area contributed by atoms with E-state index < -0.39 is 11.6 Å². The molecule has 0 aliphatic rings. The molecule has 2 aromatic rings. The normalized spacial score (nSPS) is 10.8. The van der Waals surface area contributed by atoms with E-state index in [2.05, 4.69) is 5.10 Å². The number of nitrogens with zero attached hydrogens (tertiary/aromatic N) is 2. The first kappa shape index (κ1) is 11.6. The highest BCUT2D eigenvalue weighted by Crippen LogP contribution is 2.28. The Kier molecular flexibility index (Phi) is 2.83. The lowest BCUT2D eigenvalue weighted by molar-refractivity contribution is 0.509. The van der Waals surface area contributed by atoms with Gasteiger partial charge >= 0.3 is 0 Å². The van der Waals surface area contributed by atoms with E-state index in [1.807, 2.05) is 6.92 Å². The average Bonchev–Trinajstić information content (AvgIpc) is 2.59. The molecule has 0 aliphatic heterocycles. The molecule has 0 saturated carbocycles. The van der Waals surface area contributed by atoms with Gasteiger partial charge in [-0.05, 0) is 24.6 Å². The number of rotatable bonds is 2. The van der Waals surface area contributed by atoms with Crippen LogP contribution >= 0.6 is 0 Å². The van der Waals surface area contributed by atoms with Crippen molar-refractivity contribution in [2.24, 2.45) is 7.05 Å². The van der Waals surface area contributed by atoms with Crippen LogP contribution in [-0.2, 0) is 13.5 Å². The minimum atomic E-state index is -0.881. The molecular formula is C12H13F2N3. The first-order valence-corrected chi connectivity index (χ1v) is 5.31. The molecule has 0 radical (unpaired) electrons. The summed E-state index contributed by atoms with van der Waals surface area (Å²) in [5.41, 5.74) is 7.84. The number of aryl methyl sites for hydroxylation is 1. The van der Waals surface area contributed by atoms with Gasteiger partial charge in [-0.25, -0.2) is 8.78 Å². The molecule has 1 heterocycles. The van der Waals surface area contributed by atoms with Crippen LogP contribution in [0.1, 0.15) is 12.5 Å². The van der Waals surface area contributed by atoms with Crippen LogP contribution in [0.3, 0.4) is 0 Å². The van der Waals surface area contributed by atoms with Gasteiger partial charge in [0.2, 0.25) is 0 Å². The zero-order chi connectivity index (χ0) is 12.6. The Hall–Kier alpha value is -1.91. The average molecular weight is 237 g/mol. The third kappa shape index (κ3) is 1.88. The van der Waals surface area contributed by atoms with E-state index in [9.17, 15) is 8.78 Å². The second-order valence-electron chi connectivity index (χ2n) is 3.82. The van der Waals surface area contributed by atoms with Crippen LogP contribution in [0.5, 0.6) is 0 Å². The fraction of sp³-hybridized carbons (Fsp3) is 0.250. The van der Waals surface area contributed by atoms with Gasteiger partial charge in [0, 0.05) is 18.2 Å². The second kappa shape index (κ2) is 4.16. The first-order valence-electron chi connectivity index (χ1n) is 5.31. The van der Waals surface area contributed by atoms with E-state index in [1.165, 1.54) is 10.7 Å². The molecule has 0 amide bonds. The highest BCUT2D eigenvalue weighted by Gasteiger charge is 2.15. The largest absolute Gasteiger partial charge is 0.384 e. The van der Waals surface area contributed by atoms with Gasteiger partial charge < -0.3 is 5.73 Å². The Morgan fingerprint density at radius 3 is 2.59 bits per heavy atom. The van der Waals surface area contributed by atoms with Crippen LogP contribution in [0.15, 0.2) is 18.2 Å². The van der Waals surface area contributed by atoms with Crippen molar-refractivity contribution in [2.45, 2.75) is 13.3 Å². The summed E-state index contributed by atoms with van der Waals surface area (Å²) in [6, 6.07) is 3.73. The second-order valence-corrected chi connectivity index (χ2v) is 3.82. The topological polar surface area (TPSA) is 43.8 Å². The molecule has 0 aliphatic carbocycles. The van der Waals surface area contributed by atoms with Crippen LogP contribution in [-0.4, -0.2) is 9.78 Å². The molecule has 1 aromatic carbocycles. The maximum atomic E-state index is 13.2. The molecule has 0 spiro atoms. The smallest absolute Gasteiger partial charge is 0.159 e. The quantitative estimate of drug-likeness (QED) is 0.872. The van der Waals surface area contributed by atoms with Crippen molar-refractivity contribution in [3.05, 3.63) is 35.4 Å². The molecular weight excluding hydrogens is 224 g/mol. The molecule has 2 rings (SSSR count). The van der Waals surface area contributed by atoms with Crippen LogP contribution in [0.2, 0.25) is 0 Å². The minimum absolute atomic E-state index is 0.535. The maximum absolute atomic E-state index is 13.2. The van der Waals surface area contributed by atoms with Crippen molar-refractivity contribution in [2.75, 3.05) is 5.73 Å². The van der Waals surface area contributed by atoms with Crippen LogP contribution < -0.4 is 5.73 Å². The molecule has 1 aromatic heterocycles. The molecule has 0 fully saturated rings. The van der Waals surface area contributed by atoms with Gasteiger partial charge in [-0.2, -0.15) is 5.10 Å². The molecule has 0 atom stereocenters. The lowest BCUT2D eigenvalue weighted by atomic mass is 10.1. The van der Waals surface area contributed by atoms with Gasteiger partial charge in [0.05, 0.1) is 5.69 Å². The van der Waals surface area contributed by atoms with Gasteiger partial charge in [0.25, 0.3) is 0 Å². The minimum Gasteiger partial charge on any atom is -0.384 e. The molecule has 17 heavy (non-hydrogen) atoms. The van der Waals surface area contributed by atoms with Crippen LogP contribution in [0.4, 0.5) is 14.6 Å². The number of aromatic nitrogens is 2. The predicted octanol–water partition coefficient (Wildman–Crippen LogP) is 2.51. The van der Waals surface area contributed by atoms with Crippen molar-refractivity contribution in [3.63, 3.8) is 0 Å². The standard InChI is InChI=1S/C12H13F2N3/c1-3-8-11(16-17(2)12(8)15)7-4-5-9(13)10(14)6-7/h4-6H,3,15H2,1-2H3. The van der Waals surface area contributed by atoms with Gasteiger partial charge in [-0.1, -0.05) is 6.92 Å². The molecule has 0 unspecified atom stereocenters. The third-order valence-corrected chi connectivity index (χ3v) is 2.74. The zero-order valence-electron chi connectivity index (χ0n) is 9.67. The number of benzene rings is 1. The summed E-state index contributed by atoms with van der Waals surface area (Å²) < 4.78 is 27.6.